The number of hydrogen-bond acceptors (Lipinski definition) is 4. The number of carbonyl (C=O) groups is 1. The number of aromatic nitrogens is 3. The van der Waals surface area contributed by atoms with Gasteiger partial charge in [0.05, 0.1) is 0 Å². The lowest BCUT2D eigenvalue weighted by atomic mass is 10.2. The molecule has 2 rings (SSSR count). The van der Waals surface area contributed by atoms with Crippen LogP contribution in [0.25, 0.3) is 5.82 Å². The lowest BCUT2D eigenvalue weighted by Gasteiger charge is -2.11. The van der Waals surface area contributed by atoms with Crippen LogP contribution in [0.5, 0.6) is 0 Å². The molecule has 0 fully saturated rings. The molecule has 1 amide bonds. The molecule has 1 atom stereocenters. The average Bonchev–Trinajstić information content (AvgIpc) is 2.98. The SMILES string of the molecule is CNC(C)CNC(=O)c1ccnc(-n2cccn2)c1. The van der Waals surface area contributed by atoms with Crippen LogP contribution < -0.4 is 10.6 Å². The van der Waals surface area contributed by atoms with Crippen LogP contribution in [-0.2, 0) is 0 Å². The largest absolute Gasteiger partial charge is 0.350 e. The summed E-state index contributed by atoms with van der Waals surface area (Å²) in [5.74, 6) is 0.511. The zero-order valence-corrected chi connectivity index (χ0v) is 11.0. The molecule has 0 aliphatic heterocycles. The molecule has 0 aromatic carbocycles. The van der Waals surface area contributed by atoms with Crippen LogP contribution in [0.4, 0.5) is 0 Å². The summed E-state index contributed by atoms with van der Waals surface area (Å²) in [6.45, 7) is 2.58. The van der Waals surface area contributed by atoms with Crippen molar-refractivity contribution in [3.63, 3.8) is 0 Å². The Morgan fingerprint density at radius 3 is 3.00 bits per heavy atom. The maximum Gasteiger partial charge on any atom is 0.251 e. The van der Waals surface area contributed by atoms with Crippen molar-refractivity contribution in [3.8, 4) is 5.82 Å². The summed E-state index contributed by atoms with van der Waals surface area (Å²) >= 11 is 0. The van der Waals surface area contributed by atoms with E-state index < -0.39 is 0 Å². The van der Waals surface area contributed by atoms with Gasteiger partial charge in [0.1, 0.15) is 0 Å². The second-order valence-corrected chi connectivity index (χ2v) is 4.25. The van der Waals surface area contributed by atoms with Crippen molar-refractivity contribution < 1.29 is 4.79 Å². The van der Waals surface area contributed by atoms with Crippen LogP contribution in [0.1, 0.15) is 17.3 Å². The summed E-state index contributed by atoms with van der Waals surface area (Å²) in [6.07, 6.45) is 5.06. The van der Waals surface area contributed by atoms with Crippen molar-refractivity contribution in [3.05, 3.63) is 42.4 Å². The quantitative estimate of drug-likeness (QED) is 0.825. The number of carbonyl (C=O) groups excluding carboxylic acids is 1. The Balaban J connectivity index is 2.08. The van der Waals surface area contributed by atoms with E-state index in [4.69, 9.17) is 0 Å². The highest BCUT2D eigenvalue weighted by Gasteiger charge is 2.08. The fourth-order valence-corrected chi connectivity index (χ4v) is 1.54. The molecule has 1 unspecified atom stereocenters. The first-order valence-corrected chi connectivity index (χ1v) is 6.12. The number of hydrogen-bond donors (Lipinski definition) is 2. The van der Waals surface area contributed by atoms with Gasteiger partial charge in [0.2, 0.25) is 0 Å². The fraction of sp³-hybridized carbons (Fsp3) is 0.308. The van der Waals surface area contributed by atoms with Gasteiger partial charge in [-0.15, -0.1) is 0 Å². The van der Waals surface area contributed by atoms with Gasteiger partial charge < -0.3 is 10.6 Å². The zero-order chi connectivity index (χ0) is 13.7. The number of nitrogens with zero attached hydrogens (tertiary/aromatic N) is 3. The summed E-state index contributed by atoms with van der Waals surface area (Å²) in [5, 5.41) is 10.0. The summed E-state index contributed by atoms with van der Waals surface area (Å²) in [5.41, 5.74) is 0.573. The van der Waals surface area contributed by atoms with E-state index in [1.807, 2.05) is 20.0 Å². The zero-order valence-electron chi connectivity index (χ0n) is 11.0. The Bertz CT molecular complexity index is 538. The lowest BCUT2D eigenvalue weighted by molar-refractivity contribution is 0.0950. The monoisotopic (exact) mass is 259 g/mol. The first kappa shape index (κ1) is 13.2. The molecule has 0 radical (unpaired) electrons. The molecule has 0 spiro atoms. The fourth-order valence-electron chi connectivity index (χ4n) is 1.54. The van der Waals surface area contributed by atoms with Gasteiger partial charge in [-0.2, -0.15) is 5.10 Å². The minimum atomic E-state index is -0.113. The van der Waals surface area contributed by atoms with Gasteiger partial charge in [-0.05, 0) is 32.2 Å². The highest BCUT2D eigenvalue weighted by Crippen LogP contribution is 2.06. The van der Waals surface area contributed by atoms with E-state index >= 15 is 0 Å². The van der Waals surface area contributed by atoms with Crippen LogP contribution in [0.2, 0.25) is 0 Å². The normalized spacial score (nSPS) is 12.1. The van der Waals surface area contributed by atoms with E-state index in [2.05, 4.69) is 20.7 Å². The van der Waals surface area contributed by atoms with Crippen molar-refractivity contribution in [1.82, 2.24) is 25.4 Å². The van der Waals surface area contributed by atoms with E-state index in [1.165, 1.54) is 0 Å². The molecule has 0 aliphatic carbocycles. The third-order valence-electron chi connectivity index (χ3n) is 2.81. The second kappa shape index (κ2) is 6.10. The van der Waals surface area contributed by atoms with Gasteiger partial charge in [-0.1, -0.05) is 0 Å². The molecule has 0 saturated carbocycles. The van der Waals surface area contributed by atoms with Crippen LogP contribution in [0.15, 0.2) is 36.8 Å². The Hall–Kier alpha value is -2.21. The van der Waals surface area contributed by atoms with Gasteiger partial charge in [0, 0.05) is 36.7 Å². The third-order valence-corrected chi connectivity index (χ3v) is 2.81. The van der Waals surface area contributed by atoms with Crippen molar-refractivity contribution in [1.29, 1.82) is 0 Å². The molecule has 19 heavy (non-hydrogen) atoms. The standard InChI is InChI=1S/C13H17N5O/c1-10(14-2)9-16-13(19)11-4-6-15-12(8-11)18-7-3-5-17-18/h3-8,10,14H,9H2,1-2H3,(H,16,19). The van der Waals surface area contributed by atoms with Crippen LogP contribution >= 0.6 is 0 Å². The smallest absolute Gasteiger partial charge is 0.251 e. The van der Waals surface area contributed by atoms with Gasteiger partial charge >= 0.3 is 0 Å². The molecular formula is C13H17N5O. The molecule has 6 heteroatoms. The Labute approximate surface area is 111 Å². The van der Waals surface area contributed by atoms with Crippen molar-refractivity contribution >= 4 is 5.91 Å². The predicted molar refractivity (Wildman–Crippen MR) is 72.2 cm³/mol. The molecule has 100 valence electrons. The van der Waals surface area contributed by atoms with E-state index in [-0.39, 0.29) is 11.9 Å². The molecule has 2 aromatic heterocycles. The van der Waals surface area contributed by atoms with E-state index in [1.54, 1.807) is 35.4 Å². The van der Waals surface area contributed by atoms with Crippen molar-refractivity contribution in [2.75, 3.05) is 13.6 Å². The summed E-state index contributed by atoms with van der Waals surface area (Å²) in [6, 6.07) is 5.44. The summed E-state index contributed by atoms with van der Waals surface area (Å²) < 4.78 is 1.62. The minimum absolute atomic E-state index is 0.113. The average molecular weight is 259 g/mol. The van der Waals surface area contributed by atoms with Crippen molar-refractivity contribution in [2.45, 2.75) is 13.0 Å². The van der Waals surface area contributed by atoms with Crippen LogP contribution in [0, 0.1) is 0 Å². The first-order valence-electron chi connectivity index (χ1n) is 6.12. The maximum absolute atomic E-state index is 12.0. The van der Waals surface area contributed by atoms with E-state index in [0.29, 0.717) is 17.9 Å². The molecule has 2 N–H and O–H groups in total. The number of rotatable bonds is 5. The molecule has 2 aromatic rings. The topological polar surface area (TPSA) is 71.8 Å². The molecular weight excluding hydrogens is 242 g/mol. The first-order chi connectivity index (χ1) is 9.20. The van der Waals surface area contributed by atoms with Crippen LogP contribution in [0.3, 0.4) is 0 Å². The molecule has 0 aliphatic rings. The van der Waals surface area contributed by atoms with Gasteiger partial charge in [0.25, 0.3) is 5.91 Å². The van der Waals surface area contributed by atoms with Gasteiger partial charge in [-0.3, -0.25) is 4.79 Å². The van der Waals surface area contributed by atoms with E-state index in [9.17, 15) is 4.79 Å². The van der Waals surface area contributed by atoms with Gasteiger partial charge in [0.15, 0.2) is 5.82 Å². The third kappa shape index (κ3) is 3.38. The molecule has 0 bridgehead atoms. The Kier molecular flexibility index (Phi) is 4.25. The Morgan fingerprint density at radius 2 is 2.32 bits per heavy atom. The molecule has 0 saturated heterocycles. The Morgan fingerprint density at radius 1 is 1.47 bits per heavy atom. The highest BCUT2D eigenvalue weighted by atomic mass is 16.1. The molecule has 2 heterocycles. The predicted octanol–water partition coefficient (Wildman–Crippen LogP) is 0.605. The number of amides is 1. The van der Waals surface area contributed by atoms with Gasteiger partial charge in [-0.25, -0.2) is 9.67 Å². The van der Waals surface area contributed by atoms with Crippen LogP contribution in [-0.4, -0.2) is 40.3 Å². The summed E-state index contributed by atoms with van der Waals surface area (Å²) in [7, 11) is 1.86. The number of pyridine rings is 1. The highest BCUT2D eigenvalue weighted by molar-refractivity contribution is 5.94. The number of nitrogens with one attached hydrogen (secondary N) is 2. The van der Waals surface area contributed by atoms with E-state index in [0.717, 1.165) is 0 Å². The second-order valence-electron chi connectivity index (χ2n) is 4.25. The number of likely N-dealkylation sites (N-methyl/N-ethyl adjacent to an activating group) is 1. The minimum Gasteiger partial charge on any atom is -0.350 e. The molecule has 6 nitrogen and oxygen atoms in total. The lowest BCUT2D eigenvalue weighted by Crippen LogP contribution is -2.37. The maximum atomic E-state index is 12.0. The van der Waals surface area contributed by atoms with Crippen molar-refractivity contribution in [2.24, 2.45) is 0 Å². The summed E-state index contributed by atoms with van der Waals surface area (Å²) in [4.78, 5) is 16.2.